The van der Waals surface area contributed by atoms with E-state index >= 15 is 0 Å². The summed E-state index contributed by atoms with van der Waals surface area (Å²) in [5.74, 6) is 1.21. The van der Waals surface area contributed by atoms with Crippen molar-refractivity contribution in [1.29, 1.82) is 0 Å². The summed E-state index contributed by atoms with van der Waals surface area (Å²) in [6.07, 6.45) is 4.07. The molecular formula is C22H23N3O3. The first-order valence-electron chi connectivity index (χ1n) is 8.96. The van der Waals surface area contributed by atoms with E-state index in [-0.39, 0.29) is 5.91 Å². The normalized spacial score (nSPS) is 10.2. The summed E-state index contributed by atoms with van der Waals surface area (Å²) in [7, 11) is 3.23. The molecule has 0 aliphatic carbocycles. The molecule has 1 amide bonds. The number of carbonyl (C=O) groups excluding carboxylic acids is 1. The summed E-state index contributed by atoms with van der Waals surface area (Å²) in [6, 6.07) is 17.0. The predicted octanol–water partition coefficient (Wildman–Crippen LogP) is 4.01. The zero-order valence-corrected chi connectivity index (χ0v) is 15.9. The number of nitrogens with zero attached hydrogens (tertiary/aromatic N) is 1. The number of hydrogen-bond donors (Lipinski definition) is 2. The van der Waals surface area contributed by atoms with Crippen LogP contribution in [0.25, 0.3) is 0 Å². The number of carbonyl (C=O) groups is 1. The lowest BCUT2D eigenvalue weighted by Gasteiger charge is -2.11. The minimum absolute atomic E-state index is 0.242. The summed E-state index contributed by atoms with van der Waals surface area (Å²) >= 11 is 0. The van der Waals surface area contributed by atoms with Crippen LogP contribution in [0.4, 0.5) is 11.4 Å². The number of methoxy groups -OCH3 is 2. The van der Waals surface area contributed by atoms with Crippen molar-refractivity contribution in [2.75, 3.05) is 31.4 Å². The molecule has 2 aromatic carbocycles. The molecule has 0 fully saturated rings. The number of para-hydroxylation sites is 2. The van der Waals surface area contributed by atoms with E-state index in [2.05, 4.69) is 21.7 Å². The molecule has 2 N–H and O–H groups in total. The van der Waals surface area contributed by atoms with Crippen LogP contribution in [0.3, 0.4) is 0 Å². The smallest absolute Gasteiger partial charge is 0.257 e. The number of pyridine rings is 1. The van der Waals surface area contributed by atoms with E-state index in [1.54, 1.807) is 38.6 Å². The molecule has 0 radical (unpaired) electrons. The standard InChI is InChI=1S/C22H23N3O3/c1-27-19-7-5-6-16(12-19)10-11-24-18-13-17(14-23-15-18)22(26)25-20-8-3-4-9-21(20)28-2/h3-9,12-15,24H,10-11H2,1-2H3,(H,25,26). The van der Waals surface area contributed by atoms with Gasteiger partial charge in [0.05, 0.1) is 31.2 Å². The molecule has 6 nitrogen and oxygen atoms in total. The summed E-state index contributed by atoms with van der Waals surface area (Å²) in [6.45, 7) is 0.715. The highest BCUT2D eigenvalue weighted by atomic mass is 16.5. The van der Waals surface area contributed by atoms with Crippen molar-refractivity contribution >= 4 is 17.3 Å². The number of anilines is 2. The molecule has 0 saturated carbocycles. The minimum Gasteiger partial charge on any atom is -0.497 e. The van der Waals surface area contributed by atoms with Crippen molar-refractivity contribution in [2.45, 2.75) is 6.42 Å². The molecule has 0 spiro atoms. The third-order valence-electron chi connectivity index (χ3n) is 4.23. The van der Waals surface area contributed by atoms with Crippen LogP contribution in [-0.4, -0.2) is 31.7 Å². The van der Waals surface area contributed by atoms with Crippen molar-refractivity contribution in [2.24, 2.45) is 0 Å². The van der Waals surface area contributed by atoms with Gasteiger partial charge in [0.1, 0.15) is 11.5 Å². The van der Waals surface area contributed by atoms with Gasteiger partial charge >= 0.3 is 0 Å². The SMILES string of the molecule is COc1cccc(CCNc2cncc(C(=O)Nc3ccccc3OC)c2)c1. The second-order valence-corrected chi connectivity index (χ2v) is 6.15. The highest BCUT2D eigenvalue weighted by molar-refractivity contribution is 6.05. The maximum absolute atomic E-state index is 12.6. The van der Waals surface area contributed by atoms with E-state index in [1.807, 2.05) is 30.3 Å². The average Bonchev–Trinajstić information content (AvgIpc) is 2.74. The van der Waals surface area contributed by atoms with Gasteiger partial charge in [0.25, 0.3) is 5.91 Å². The molecule has 0 unspecified atom stereocenters. The maximum Gasteiger partial charge on any atom is 0.257 e. The maximum atomic E-state index is 12.6. The summed E-state index contributed by atoms with van der Waals surface area (Å²) in [5.41, 5.74) is 3.05. The Morgan fingerprint density at radius 3 is 2.68 bits per heavy atom. The molecule has 0 aliphatic rings. The van der Waals surface area contributed by atoms with Crippen LogP contribution in [0.5, 0.6) is 11.5 Å². The molecule has 0 aliphatic heterocycles. The topological polar surface area (TPSA) is 72.5 Å². The molecule has 1 heterocycles. The number of amides is 1. The van der Waals surface area contributed by atoms with E-state index in [4.69, 9.17) is 9.47 Å². The second-order valence-electron chi connectivity index (χ2n) is 6.15. The highest BCUT2D eigenvalue weighted by Gasteiger charge is 2.10. The number of ether oxygens (including phenoxy) is 2. The van der Waals surface area contributed by atoms with Crippen LogP contribution in [0, 0.1) is 0 Å². The number of rotatable bonds is 8. The summed E-state index contributed by atoms with van der Waals surface area (Å²) < 4.78 is 10.5. The molecule has 0 saturated heterocycles. The van der Waals surface area contributed by atoms with Gasteiger partial charge in [-0.25, -0.2) is 0 Å². The largest absolute Gasteiger partial charge is 0.497 e. The minimum atomic E-state index is -0.242. The van der Waals surface area contributed by atoms with E-state index < -0.39 is 0 Å². The van der Waals surface area contributed by atoms with Crippen LogP contribution >= 0.6 is 0 Å². The van der Waals surface area contributed by atoms with Crippen molar-refractivity contribution in [1.82, 2.24) is 4.98 Å². The van der Waals surface area contributed by atoms with Crippen LogP contribution in [-0.2, 0) is 6.42 Å². The Morgan fingerprint density at radius 2 is 1.86 bits per heavy atom. The van der Waals surface area contributed by atoms with Crippen LogP contribution < -0.4 is 20.1 Å². The van der Waals surface area contributed by atoms with Crippen molar-refractivity contribution in [3.8, 4) is 11.5 Å². The fourth-order valence-electron chi connectivity index (χ4n) is 2.78. The van der Waals surface area contributed by atoms with Gasteiger partial charge in [-0.2, -0.15) is 0 Å². The van der Waals surface area contributed by atoms with Crippen molar-refractivity contribution in [3.63, 3.8) is 0 Å². The van der Waals surface area contributed by atoms with E-state index in [0.717, 1.165) is 17.9 Å². The number of hydrogen-bond acceptors (Lipinski definition) is 5. The van der Waals surface area contributed by atoms with Gasteiger partial charge in [-0.05, 0) is 42.3 Å². The van der Waals surface area contributed by atoms with Crippen molar-refractivity contribution < 1.29 is 14.3 Å². The molecule has 144 valence electrons. The van der Waals surface area contributed by atoms with Crippen LogP contribution in [0.15, 0.2) is 67.0 Å². The van der Waals surface area contributed by atoms with Crippen molar-refractivity contribution in [3.05, 3.63) is 78.1 Å². The Labute approximate surface area is 164 Å². The van der Waals surface area contributed by atoms with Gasteiger partial charge in [-0.1, -0.05) is 24.3 Å². The third kappa shape index (κ3) is 5.01. The Bertz CT molecular complexity index is 944. The highest BCUT2D eigenvalue weighted by Crippen LogP contribution is 2.24. The third-order valence-corrected chi connectivity index (χ3v) is 4.23. The van der Waals surface area contributed by atoms with E-state index in [0.29, 0.717) is 23.5 Å². The van der Waals surface area contributed by atoms with E-state index in [9.17, 15) is 4.79 Å². The zero-order valence-electron chi connectivity index (χ0n) is 15.9. The van der Waals surface area contributed by atoms with Gasteiger partial charge in [-0.3, -0.25) is 9.78 Å². The fraction of sp³-hybridized carbons (Fsp3) is 0.182. The van der Waals surface area contributed by atoms with Gasteiger partial charge in [0, 0.05) is 18.9 Å². The molecule has 3 rings (SSSR count). The number of benzene rings is 2. The molecule has 3 aromatic rings. The fourth-order valence-corrected chi connectivity index (χ4v) is 2.78. The van der Waals surface area contributed by atoms with Crippen LogP contribution in [0.1, 0.15) is 15.9 Å². The van der Waals surface area contributed by atoms with E-state index in [1.165, 1.54) is 11.8 Å². The van der Waals surface area contributed by atoms with Gasteiger partial charge in [0.15, 0.2) is 0 Å². The predicted molar refractivity (Wildman–Crippen MR) is 110 cm³/mol. The Kier molecular flexibility index (Phi) is 6.46. The number of aromatic nitrogens is 1. The zero-order chi connectivity index (χ0) is 19.8. The first-order valence-corrected chi connectivity index (χ1v) is 8.96. The average molecular weight is 377 g/mol. The van der Waals surface area contributed by atoms with Gasteiger partial charge in [-0.15, -0.1) is 0 Å². The molecule has 0 bridgehead atoms. The lowest BCUT2D eigenvalue weighted by molar-refractivity contribution is 0.102. The van der Waals surface area contributed by atoms with Crippen LogP contribution in [0.2, 0.25) is 0 Å². The lowest BCUT2D eigenvalue weighted by atomic mass is 10.1. The summed E-state index contributed by atoms with van der Waals surface area (Å²) in [4.78, 5) is 16.7. The molecule has 28 heavy (non-hydrogen) atoms. The van der Waals surface area contributed by atoms with Gasteiger partial charge < -0.3 is 20.1 Å². The Hall–Kier alpha value is -3.54. The molecule has 0 atom stereocenters. The first-order chi connectivity index (χ1) is 13.7. The molecule has 6 heteroatoms. The summed E-state index contributed by atoms with van der Waals surface area (Å²) in [5, 5.41) is 6.16. The van der Waals surface area contributed by atoms with Gasteiger partial charge in [0.2, 0.25) is 0 Å². The monoisotopic (exact) mass is 377 g/mol. The quantitative estimate of drug-likeness (QED) is 0.621. The Morgan fingerprint density at radius 1 is 1.00 bits per heavy atom. The Balaban J connectivity index is 1.61. The second kappa shape index (κ2) is 9.41. The first kappa shape index (κ1) is 19.2. The molecule has 1 aromatic heterocycles. The lowest BCUT2D eigenvalue weighted by Crippen LogP contribution is -2.14. The molecular weight excluding hydrogens is 354 g/mol. The number of nitrogens with one attached hydrogen (secondary N) is 2.